The van der Waals surface area contributed by atoms with Gasteiger partial charge in [-0.25, -0.2) is 17.5 Å². The van der Waals surface area contributed by atoms with Gasteiger partial charge in [-0.15, -0.1) is 11.3 Å². The number of rotatable bonds is 4. The molecule has 21 heavy (non-hydrogen) atoms. The molecule has 0 bridgehead atoms. The highest BCUT2D eigenvalue weighted by atomic mass is 32.2. The quantitative estimate of drug-likeness (QED) is 0.868. The molecule has 1 N–H and O–H groups in total. The molecule has 0 aliphatic rings. The van der Waals surface area contributed by atoms with Gasteiger partial charge in [0.2, 0.25) is 10.0 Å². The van der Waals surface area contributed by atoms with Crippen molar-refractivity contribution in [2.45, 2.75) is 16.9 Å². The highest BCUT2D eigenvalue weighted by molar-refractivity contribution is 7.91. The van der Waals surface area contributed by atoms with Crippen molar-refractivity contribution < 1.29 is 26.0 Å². The SMILES string of the molecule is O=S(=O)(NCc1cc(F)cc(C(F)(F)F)c1)c1cccs1. The van der Waals surface area contributed by atoms with Crippen molar-refractivity contribution in [1.82, 2.24) is 4.72 Å². The predicted octanol–water partition coefficient (Wildman–Crippen LogP) is 3.38. The largest absolute Gasteiger partial charge is 0.416 e. The van der Waals surface area contributed by atoms with E-state index in [1.54, 1.807) is 5.38 Å². The molecule has 114 valence electrons. The third-order valence-electron chi connectivity index (χ3n) is 2.51. The molecule has 9 heteroatoms. The van der Waals surface area contributed by atoms with Gasteiger partial charge in [0.15, 0.2) is 0 Å². The molecule has 0 aliphatic carbocycles. The minimum absolute atomic E-state index is 0.0370. The number of hydrogen-bond donors (Lipinski definition) is 1. The summed E-state index contributed by atoms with van der Waals surface area (Å²) in [6, 6.07) is 4.81. The van der Waals surface area contributed by atoms with Crippen molar-refractivity contribution in [3.05, 3.63) is 52.7 Å². The highest BCUT2D eigenvalue weighted by Gasteiger charge is 2.31. The average Bonchev–Trinajstić information content (AvgIpc) is 2.89. The van der Waals surface area contributed by atoms with E-state index in [1.165, 1.54) is 12.1 Å². The van der Waals surface area contributed by atoms with Gasteiger partial charge in [-0.1, -0.05) is 6.07 Å². The second kappa shape index (κ2) is 5.74. The van der Waals surface area contributed by atoms with Crippen LogP contribution in [0.1, 0.15) is 11.1 Å². The molecule has 1 heterocycles. The first-order valence-corrected chi connectivity index (χ1v) is 7.94. The van der Waals surface area contributed by atoms with E-state index in [2.05, 4.69) is 4.72 Å². The van der Waals surface area contributed by atoms with Crippen molar-refractivity contribution in [3.8, 4) is 0 Å². The summed E-state index contributed by atoms with van der Waals surface area (Å²) in [5.41, 5.74) is -1.27. The molecule has 3 nitrogen and oxygen atoms in total. The number of benzene rings is 1. The third kappa shape index (κ3) is 4.02. The Morgan fingerprint density at radius 2 is 1.90 bits per heavy atom. The second-order valence-electron chi connectivity index (χ2n) is 4.10. The Morgan fingerprint density at radius 1 is 1.19 bits per heavy atom. The molecular weight excluding hydrogens is 330 g/mol. The van der Waals surface area contributed by atoms with E-state index in [4.69, 9.17) is 0 Å². The van der Waals surface area contributed by atoms with Crippen molar-refractivity contribution in [3.63, 3.8) is 0 Å². The van der Waals surface area contributed by atoms with Crippen LogP contribution >= 0.6 is 11.3 Å². The van der Waals surface area contributed by atoms with Crippen molar-refractivity contribution >= 4 is 21.4 Å². The molecule has 0 spiro atoms. The second-order valence-corrected chi connectivity index (χ2v) is 7.04. The minimum Gasteiger partial charge on any atom is -0.207 e. The predicted molar refractivity (Wildman–Crippen MR) is 69.7 cm³/mol. The first-order valence-electron chi connectivity index (χ1n) is 5.58. The Balaban J connectivity index is 2.19. The zero-order chi connectivity index (χ0) is 15.7. The van der Waals surface area contributed by atoms with Crippen molar-refractivity contribution in [2.75, 3.05) is 0 Å². The van der Waals surface area contributed by atoms with Gasteiger partial charge < -0.3 is 0 Å². The molecule has 0 amide bonds. The summed E-state index contributed by atoms with van der Waals surface area (Å²) < 4.78 is 76.6. The zero-order valence-electron chi connectivity index (χ0n) is 10.3. The van der Waals surface area contributed by atoms with Crippen LogP contribution in [0.2, 0.25) is 0 Å². The fraction of sp³-hybridized carbons (Fsp3) is 0.167. The Labute approximate surface area is 122 Å². The van der Waals surface area contributed by atoms with Crippen molar-refractivity contribution in [1.29, 1.82) is 0 Å². The van der Waals surface area contributed by atoms with Crippen LogP contribution in [0.5, 0.6) is 0 Å². The Bertz CT molecular complexity index is 724. The van der Waals surface area contributed by atoms with Crippen LogP contribution < -0.4 is 4.72 Å². The fourth-order valence-electron chi connectivity index (χ4n) is 1.58. The first-order chi connectivity index (χ1) is 9.68. The number of thiophene rings is 1. The van der Waals surface area contributed by atoms with Gasteiger partial charge in [0, 0.05) is 6.54 Å². The lowest BCUT2D eigenvalue weighted by Crippen LogP contribution is -2.22. The van der Waals surface area contributed by atoms with Gasteiger partial charge in [0.05, 0.1) is 5.56 Å². The Kier molecular flexibility index (Phi) is 4.35. The van der Waals surface area contributed by atoms with Crippen LogP contribution in [0.15, 0.2) is 39.9 Å². The maximum atomic E-state index is 13.2. The maximum Gasteiger partial charge on any atom is 0.416 e. The molecule has 0 aliphatic heterocycles. The van der Waals surface area contributed by atoms with Crippen LogP contribution in [0, 0.1) is 5.82 Å². The number of sulfonamides is 1. The van der Waals surface area contributed by atoms with Crippen molar-refractivity contribution in [2.24, 2.45) is 0 Å². The van der Waals surface area contributed by atoms with Crippen LogP contribution in [-0.4, -0.2) is 8.42 Å². The number of nitrogens with one attached hydrogen (secondary N) is 1. The average molecular weight is 339 g/mol. The number of halogens is 4. The normalized spacial score (nSPS) is 12.6. The molecule has 0 saturated carbocycles. The van der Waals surface area contributed by atoms with Crippen LogP contribution in [0.4, 0.5) is 17.6 Å². The van der Waals surface area contributed by atoms with E-state index in [1.807, 2.05) is 0 Å². The summed E-state index contributed by atoms with van der Waals surface area (Å²) in [5, 5.41) is 1.55. The number of alkyl halides is 3. The lowest BCUT2D eigenvalue weighted by Gasteiger charge is -2.10. The van der Waals surface area contributed by atoms with Crippen LogP contribution in [0.3, 0.4) is 0 Å². The molecule has 0 saturated heterocycles. The molecule has 1 aromatic heterocycles. The molecule has 0 fully saturated rings. The Morgan fingerprint density at radius 3 is 2.48 bits per heavy atom. The summed E-state index contributed by atoms with van der Waals surface area (Å²) in [4.78, 5) is 0. The molecule has 2 rings (SSSR count). The van der Waals surface area contributed by atoms with E-state index in [0.29, 0.717) is 12.1 Å². The smallest absolute Gasteiger partial charge is 0.207 e. The van der Waals surface area contributed by atoms with E-state index >= 15 is 0 Å². The highest BCUT2D eigenvalue weighted by Crippen LogP contribution is 2.30. The lowest BCUT2D eigenvalue weighted by molar-refractivity contribution is -0.137. The summed E-state index contributed by atoms with van der Waals surface area (Å²) in [5.74, 6) is -1.07. The van der Waals surface area contributed by atoms with Gasteiger partial charge in [0.1, 0.15) is 10.0 Å². The molecular formula is C12H9F4NO2S2. The standard InChI is InChI=1S/C12H9F4NO2S2/c13-10-5-8(4-9(6-10)12(14,15)16)7-17-21(18,19)11-2-1-3-20-11/h1-6,17H,7H2. The van der Waals surface area contributed by atoms with Crippen LogP contribution in [-0.2, 0) is 22.7 Å². The maximum absolute atomic E-state index is 13.2. The topological polar surface area (TPSA) is 46.2 Å². The van der Waals surface area contributed by atoms with Crippen LogP contribution in [0.25, 0.3) is 0 Å². The molecule has 0 radical (unpaired) electrons. The summed E-state index contributed by atoms with van der Waals surface area (Å²) in [7, 11) is -3.81. The zero-order valence-corrected chi connectivity index (χ0v) is 11.9. The summed E-state index contributed by atoms with van der Waals surface area (Å²) in [6.45, 7) is -0.429. The van der Waals surface area contributed by atoms with E-state index < -0.39 is 34.1 Å². The molecule has 1 aromatic carbocycles. The number of hydrogen-bond acceptors (Lipinski definition) is 3. The van der Waals surface area contributed by atoms with Gasteiger partial charge in [-0.3, -0.25) is 0 Å². The fourth-order valence-corrected chi connectivity index (χ4v) is 3.64. The minimum atomic E-state index is -4.69. The first kappa shape index (κ1) is 15.9. The van der Waals surface area contributed by atoms with E-state index in [9.17, 15) is 26.0 Å². The molecule has 2 aromatic rings. The summed E-state index contributed by atoms with van der Waals surface area (Å²) >= 11 is 0.971. The van der Waals surface area contributed by atoms with Gasteiger partial charge in [-0.2, -0.15) is 13.2 Å². The third-order valence-corrected chi connectivity index (χ3v) is 5.31. The lowest BCUT2D eigenvalue weighted by atomic mass is 10.1. The van der Waals surface area contributed by atoms with E-state index in [0.717, 1.165) is 17.4 Å². The van der Waals surface area contributed by atoms with Gasteiger partial charge in [-0.05, 0) is 35.2 Å². The Hall–Kier alpha value is -1.45. The summed E-state index contributed by atoms with van der Waals surface area (Å²) in [6.07, 6.45) is -4.69. The molecule has 0 atom stereocenters. The van der Waals surface area contributed by atoms with Gasteiger partial charge in [0.25, 0.3) is 0 Å². The van der Waals surface area contributed by atoms with E-state index in [-0.39, 0.29) is 9.77 Å². The molecule has 0 unspecified atom stereocenters. The van der Waals surface area contributed by atoms with Gasteiger partial charge >= 0.3 is 6.18 Å². The monoisotopic (exact) mass is 339 g/mol.